The van der Waals surface area contributed by atoms with Crippen LogP contribution in [0.1, 0.15) is 50.4 Å². The molecule has 0 spiro atoms. The highest BCUT2D eigenvalue weighted by molar-refractivity contribution is 6.07. The molecule has 0 radical (unpaired) electrons. The molecule has 26 heavy (non-hydrogen) atoms. The molecule has 0 unspecified atom stereocenters. The van der Waals surface area contributed by atoms with Crippen LogP contribution in [0.3, 0.4) is 0 Å². The van der Waals surface area contributed by atoms with Crippen molar-refractivity contribution in [2.75, 3.05) is 13.1 Å². The summed E-state index contributed by atoms with van der Waals surface area (Å²) >= 11 is 0. The van der Waals surface area contributed by atoms with E-state index in [1.807, 2.05) is 47.4 Å². The first-order valence-corrected chi connectivity index (χ1v) is 9.40. The number of carbonyl (C=O) groups is 2. The molecule has 1 heterocycles. The fourth-order valence-corrected chi connectivity index (χ4v) is 3.53. The highest BCUT2D eigenvalue weighted by Gasteiger charge is 2.26. The SMILES string of the molecule is CC(C)(C)CC(=O)N1CCC(NC(=O)c2cccc3ccccc23)CC1. The topological polar surface area (TPSA) is 49.4 Å². The standard InChI is InChI=1S/C22H28N2O2/c1-22(2,3)15-20(25)24-13-11-17(12-14-24)23-21(26)19-10-6-8-16-7-4-5-9-18(16)19/h4-10,17H,11-15H2,1-3H3,(H,23,26). The van der Waals surface area contributed by atoms with Crippen molar-refractivity contribution in [1.82, 2.24) is 10.2 Å². The summed E-state index contributed by atoms with van der Waals surface area (Å²) in [5.41, 5.74) is 0.727. The van der Waals surface area contributed by atoms with Crippen LogP contribution in [-0.4, -0.2) is 35.8 Å². The summed E-state index contributed by atoms with van der Waals surface area (Å²) < 4.78 is 0. The van der Waals surface area contributed by atoms with Crippen molar-refractivity contribution in [2.45, 2.75) is 46.1 Å². The van der Waals surface area contributed by atoms with E-state index in [1.165, 1.54) is 0 Å². The number of amides is 2. The number of hydrogen-bond donors (Lipinski definition) is 1. The van der Waals surface area contributed by atoms with Gasteiger partial charge in [-0.15, -0.1) is 0 Å². The normalized spacial score (nSPS) is 15.9. The van der Waals surface area contributed by atoms with E-state index >= 15 is 0 Å². The minimum Gasteiger partial charge on any atom is -0.349 e. The van der Waals surface area contributed by atoms with Crippen LogP contribution in [-0.2, 0) is 4.79 Å². The average Bonchev–Trinajstić information content (AvgIpc) is 2.60. The molecule has 0 saturated carbocycles. The number of benzene rings is 2. The highest BCUT2D eigenvalue weighted by Crippen LogP contribution is 2.22. The zero-order valence-electron chi connectivity index (χ0n) is 15.9. The van der Waals surface area contributed by atoms with Gasteiger partial charge in [-0.05, 0) is 35.1 Å². The van der Waals surface area contributed by atoms with Crippen LogP contribution in [0.2, 0.25) is 0 Å². The molecule has 4 heteroatoms. The first kappa shape index (κ1) is 18.4. The van der Waals surface area contributed by atoms with E-state index in [0.29, 0.717) is 12.0 Å². The van der Waals surface area contributed by atoms with Gasteiger partial charge in [0.15, 0.2) is 0 Å². The lowest BCUT2D eigenvalue weighted by atomic mass is 9.91. The zero-order valence-corrected chi connectivity index (χ0v) is 15.9. The van der Waals surface area contributed by atoms with Crippen molar-refractivity contribution >= 4 is 22.6 Å². The van der Waals surface area contributed by atoms with Crippen LogP contribution in [0.4, 0.5) is 0 Å². The fraction of sp³-hybridized carbons (Fsp3) is 0.455. The molecule has 3 rings (SSSR count). The van der Waals surface area contributed by atoms with Gasteiger partial charge < -0.3 is 10.2 Å². The average molecular weight is 352 g/mol. The van der Waals surface area contributed by atoms with Crippen LogP contribution in [0.15, 0.2) is 42.5 Å². The summed E-state index contributed by atoms with van der Waals surface area (Å²) in [6.45, 7) is 7.69. The first-order valence-electron chi connectivity index (χ1n) is 9.40. The second-order valence-corrected chi connectivity index (χ2v) is 8.39. The van der Waals surface area contributed by atoms with E-state index in [1.54, 1.807) is 0 Å². The Morgan fingerprint density at radius 2 is 1.69 bits per heavy atom. The molecule has 138 valence electrons. The van der Waals surface area contributed by atoms with Gasteiger partial charge in [-0.1, -0.05) is 57.2 Å². The van der Waals surface area contributed by atoms with E-state index in [4.69, 9.17) is 0 Å². The molecule has 2 amide bonds. The quantitative estimate of drug-likeness (QED) is 0.908. The van der Waals surface area contributed by atoms with Gasteiger partial charge in [0.2, 0.25) is 5.91 Å². The van der Waals surface area contributed by atoms with Gasteiger partial charge in [0.05, 0.1) is 0 Å². The number of piperidine rings is 1. The van der Waals surface area contributed by atoms with E-state index in [9.17, 15) is 9.59 Å². The third kappa shape index (κ3) is 4.43. The maximum absolute atomic E-state index is 12.7. The molecular formula is C22H28N2O2. The second-order valence-electron chi connectivity index (χ2n) is 8.39. The fourth-order valence-electron chi connectivity index (χ4n) is 3.53. The van der Waals surface area contributed by atoms with Gasteiger partial charge in [-0.25, -0.2) is 0 Å². The largest absolute Gasteiger partial charge is 0.349 e. The molecular weight excluding hydrogens is 324 g/mol. The minimum atomic E-state index is -0.0266. The molecule has 1 aliphatic rings. The summed E-state index contributed by atoms with van der Waals surface area (Å²) in [7, 11) is 0. The Labute approximate surface area is 155 Å². The maximum atomic E-state index is 12.7. The van der Waals surface area contributed by atoms with Crippen LogP contribution in [0.25, 0.3) is 10.8 Å². The Kier molecular flexibility index (Phi) is 5.30. The minimum absolute atomic E-state index is 0.0104. The molecule has 0 aromatic heterocycles. The molecule has 1 saturated heterocycles. The van der Waals surface area contributed by atoms with Crippen LogP contribution in [0.5, 0.6) is 0 Å². The summed E-state index contributed by atoms with van der Waals surface area (Å²) in [5.74, 6) is 0.192. The second kappa shape index (κ2) is 7.48. The van der Waals surface area contributed by atoms with Crippen molar-refractivity contribution in [3.05, 3.63) is 48.0 Å². The number of nitrogens with zero attached hydrogens (tertiary/aromatic N) is 1. The lowest BCUT2D eigenvalue weighted by Gasteiger charge is -2.34. The van der Waals surface area contributed by atoms with Gasteiger partial charge in [-0.3, -0.25) is 9.59 Å². The molecule has 0 aliphatic carbocycles. The van der Waals surface area contributed by atoms with Crippen LogP contribution in [0, 0.1) is 5.41 Å². The molecule has 2 aromatic carbocycles. The molecule has 2 aromatic rings. The lowest BCUT2D eigenvalue weighted by Crippen LogP contribution is -2.47. The van der Waals surface area contributed by atoms with E-state index in [0.717, 1.165) is 36.7 Å². The molecule has 4 nitrogen and oxygen atoms in total. The molecule has 0 bridgehead atoms. The smallest absolute Gasteiger partial charge is 0.252 e. The van der Waals surface area contributed by atoms with E-state index in [-0.39, 0.29) is 23.3 Å². The van der Waals surface area contributed by atoms with Crippen molar-refractivity contribution < 1.29 is 9.59 Å². The number of fused-ring (bicyclic) bond motifs is 1. The lowest BCUT2D eigenvalue weighted by molar-refractivity contribution is -0.134. The van der Waals surface area contributed by atoms with E-state index in [2.05, 4.69) is 26.1 Å². The number of likely N-dealkylation sites (tertiary alicyclic amines) is 1. The van der Waals surface area contributed by atoms with Crippen LogP contribution < -0.4 is 5.32 Å². The summed E-state index contributed by atoms with van der Waals surface area (Å²) in [4.78, 5) is 27.0. The number of nitrogens with one attached hydrogen (secondary N) is 1. The first-order chi connectivity index (χ1) is 12.3. The third-order valence-corrected chi connectivity index (χ3v) is 4.90. The summed E-state index contributed by atoms with van der Waals surface area (Å²) in [6.07, 6.45) is 2.19. The van der Waals surface area contributed by atoms with Crippen molar-refractivity contribution in [2.24, 2.45) is 5.41 Å². The number of carbonyl (C=O) groups excluding carboxylic acids is 2. The number of hydrogen-bond acceptors (Lipinski definition) is 2. The number of rotatable bonds is 3. The third-order valence-electron chi connectivity index (χ3n) is 4.90. The van der Waals surface area contributed by atoms with Crippen LogP contribution >= 0.6 is 0 Å². The van der Waals surface area contributed by atoms with Gasteiger partial charge in [-0.2, -0.15) is 0 Å². The van der Waals surface area contributed by atoms with E-state index < -0.39 is 0 Å². The Balaban J connectivity index is 1.59. The Hall–Kier alpha value is -2.36. The van der Waals surface area contributed by atoms with Gasteiger partial charge in [0.25, 0.3) is 5.91 Å². The van der Waals surface area contributed by atoms with Crippen molar-refractivity contribution in [3.8, 4) is 0 Å². The highest BCUT2D eigenvalue weighted by atomic mass is 16.2. The maximum Gasteiger partial charge on any atom is 0.252 e. The summed E-state index contributed by atoms with van der Waals surface area (Å²) in [5, 5.41) is 5.21. The monoisotopic (exact) mass is 352 g/mol. The molecule has 1 fully saturated rings. The van der Waals surface area contributed by atoms with Crippen molar-refractivity contribution in [3.63, 3.8) is 0 Å². The van der Waals surface area contributed by atoms with Gasteiger partial charge >= 0.3 is 0 Å². The molecule has 0 atom stereocenters. The Morgan fingerprint density at radius 3 is 2.38 bits per heavy atom. The van der Waals surface area contributed by atoms with Gasteiger partial charge in [0, 0.05) is 31.1 Å². The predicted molar refractivity (Wildman–Crippen MR) is 105 cm³/mol. The predicted octanol–water partition coefficient (Wildman–Crippen LogP) is 4.00. The van der Waals surface area contributed by atoms with Gasteiger partial charge in [0.1, 0.15) is 0 Å². The zero-order chi connectivity index (χ0) is 18.7. The molecule has 1 aliphatic heterocycles. The summed E-state index contributed by atoms with van der Waals surface area (Å²) in [6, 6.07) is 13.9. The molecule has 1 N–H and O–H groups in total. The van der Waals surface area contributed by atoms with Crippen molar-refractivity contribution in [1.29, 1.82) is 0 Å². The Morgan fingerprint density at radius 1 is 1.04 bits per heavy atom. The Bertz CT molecular complexity index is 794.